The normalized spacial score (nSPS) is 21.0. The summed E-state index contributed by atoms with van der Waals surface area (Å²) < 4.78 is 29.0. The van der Waals surface area contributed by atoms with Crippen molar-refractivity contribution in [1.82, 2.24) is 9.03 Å². The van der Waals surface area contributed by atoms with E-state index in [0.717, 1.165) is 30.4 Å². The fourth-order valence-electron chi connectivity index (χ4n) is 2.58. The summed E-state index contributed by atoms with van der Waals surface area (Å²) in [5, 5.41) is 0. The van der Waals surface area contributed by atoms with E-state index in [0.29, 0.717) is 12.2 Å². The van der Waals surface area contributed by atoms with Gasteiger partial charge in [-0.05, 0) is 43.9 Å². The molecule has 1 atom stereocenters. The molecule has 1 aliphatic rings. The summed E-state index contributed by atoms with van der Waals surface area (Å²) in [5.74, 6) is 0. The number of rotatable bonds is 4. The average molecular weight is 297 g/mol. The molecule has 0 saturated carbocycles. The molecule has 20 heavy (non-hydrogen) atoms. The van der Waals surface area contributed by atoms with E-state index < -0.39 is 10.2 Å². The van der Waals surface area contributed by atoms with Crippen molar-refractivity contribution < 1.29 is 8.42 Å². The maximum absolute atomic E-state index is 12.3. The number of benzene rings is 1. The lowest BCUT2D eigenvalue weighted by Crippen LogP contribution is -2.47. The van der Waals surface area contributed by atoms with Crippen LogP contribution >= 0.6 is 0 Å². The average Bonchev–Trinajstić information content (AvgIpc) is 2.41. The van der Waals surface area contributed by atoms with Crippen LogP contribution in [0.5, 0.6) is 0 Å². The Hall–Kier alpha value is -1.11. The highest BCUT2D eigenvalue weighted by Crippen LogP contribution is 2.20. The van der Waals surface area contributed by atoms with Crippen molar-refractivity contribution in [2.75, 3.05) is 12.3 Å². The Morgan fingerprint density at radius 2 is 2.15 bits per heavy atom. The summed E-state index contributed by atoms with van der Waals surface area (Å²) in [6.07, 6.45) is 2.96. The standard InChI is InChI=1S/C14H23N3O2S/c1-11-6-3-4-9-17(11)20(18,19)16-10-13-7-5-8-14(15)12(13)2/h5,7-8,11,16H,3-4,6,9-10,15H2,1-2H3. The first-order valence-electron chi connectivity index (χ1n) is 7.02. The van der Waals surface area contributed by atoms with Crippen molar-refractivity contribution >= 4 is 15.9 Å². The molecule has 0 amide bonds. The first-order chi connectivity index (χ1) is 9.42. The molecular formula is C14H23N3O2S. The lowest BCUT2D eigenvalue weighted by Gasteiger charge is -2.32. The van der Waals surface area contributed by atoms with Crippen molar-refractivity contribution in [2.45, 2.75) is 45.7 Å². The van der Waals surface area contributed by atoms with E-state index in [1.54, 1.807) is 4.31 Å². The molecule has 0 spiro atoms. The molecule has 112 valence electrons. The second-order valence-corrected chi connectivity index (χ2v) is 7.12. The van der Waals surface area contributed by atoms with Gasteiger partial charge in [-0.15, -0.1) is 0 Å². The number of anilines is 1. The topological polar surface area (TPSA) is 75.4 Å². The van der Waals surface area contributed by atoms with Crippen molar-refractivity contribution in [3.05, 3.63) is 29.3 Å². The van der Waals surface area contributed by atoms with Crippen LogP contribution < -0.4 is 10.5 Å². The Bertz CT molecular complexity index is 572. The fraction of sp³-hybridized carbons (Fsp3) is 0.571. The maximum atomic E-state index is 12.3. The van der Waals surface area contributed by atoms with Gasteiger partial charge < -0.3 is 5.73 Å². The molecule has 5 nitrogen and oxygen atoms in total. The lowest BCUT2D eigenvalue weighted by atomic mass is 10.1. The number of piperidine rings is 1. The van der Waals surface area contributed by atoms with Gasteiger partial charge in [-0.2, -0.15) is 17.4 Å². The maximum Gasteiger partial charge on any atom is 0.279 e. The minimum atomic E-state index is -3.42. The molecular weight excluding hydrogens is 274 g/mol. The predicted molar refractivity (Wildman–Crippen MR) is 81.4 cm³/mol. The highest BCUT2D eigenvalue weighted by molar-refractivity contribution is 7.87. The highest BCUT2D eigenvalue weighted by Gasteiger charge is 2.29. The number of nitrogens with zero attached hydrogens (tertiary/aromatic N) is 1. The van der Waals surface area contributed by atoms with Crippen LogP contribution in [-0.2, 0) is 16.8 Å². The van der Waals surface area contributed by atoms with Crippen molar-refractivity contribution in [3.63, 3.8) is 0 Å². The monoisotopic (exact) mass is 297 g/mol. The molecule has 3 N–H and O–H groups in total. The van der Waals surface area contributed by atoms with Crippen LogP contribution in [0.2, 0.25) is 0 Å². The van der Waals surface area contributed by atoms with Crippen LogP contribution in [0.3, 0.4) is 0 Å². The predicted octanol–water partition coefficient (Wildman–Crippen LogP) is 1.79. The Balaban J connectivity index is 2.07. The number of nitrogens with two attached hydrogens (primary N) is 1. The molecule has 1 unspecified atom stereocenters. The van der Waals surface area contributed by atoms with Crippen molar-refractivity contribution in [3.8, 4) is 0 Å². The smallest absolute Gasteiger partial charge is 0.279 e. The fourth-order valence-corrected chi connectivity index (χ4v) is 4.03. The zero-order chi connectivity index (χ0) is 14.8. The van der Waals surface area contributed by atoms with Gasteiger partial charge >= 0.3 is 0 Å². The molecule has 1 aromatic carbocycles. The molecule has 0 radical (unpaired) electrons. The van der Waals surface area contributed by atoms with Crippen molar-refractivity contribution in [1.29, 1.82) is 0 Å². The third-order valence-electron chi connectivity index (χ3n) is 3.98. The zero-order valence-electron chi connectivity index (χ0n) is 12.1. The van der Waals surface area contributed by atoms with Gasteiger partial charge in [0.25, 0.3) is 10.2 Å². The number of nitrogen functional groups attached to an aromatic ring is 1. The summed E-state index contributed by atoms with van der Waals surface area (Å²) in [5.41, 5.74) is 8.37. The van der Waals surface area contributed by atoms with Crippen LogP contribution in [0.4, 0.5) is 5.69 Å². The summed E-state index contributed by atoms with van der Waals surface area (Å²) in [6.45, 7) is 4.75. The molecule has 0 bridgehead atoms. The van der Waals surface area contributed by atoms with Gasteiger partial charge in [0.05, 0.1) is 0 Å². The van der Waals surface area contributed by atoms with Crippen LogP contribution in [0.1, 0.15) is 37.3 Å². The molecule has 1 fully saturated rings. The Labute approximate surface area is 121 Å². The van der Waals surface area contributed by atoms with E-state index in [9.17, 15) is 8.42 Å². The molecule has 1 heterocycles. The summed E-state index contributed by atoms with van der Waals surface area (Å²) in [4.78, 5) is 0. The van der Waals surface area contributed by atoms with Gasteiger partial charge in [-0.1, -0.05) is 18.6 Å². The van der Waals surface area contributed by atoms with Crippen molar-refractivity contribution in [2.24, 2.45) is 0 Å². The molecule has 1 aromatic rings. The van der Waals surface area contributed by atoms with Crippen LogP contribution in [0.25, 0.3) is 0 Å². The van der Waals surface area contributed by atoms with Gasteiger partial charge in [0, 0.05) is 24.8 Å². The van der Waals surface area contributed by atoms with E-state index >= 15 is 0 Å². The van der Waals surface area contributed by atoms with Gasteiger partial charge in [-0.3, -0.25) is 0 Å². The number of nitrogens with one attached hydrogen (secondary N) is 1. The molecule has 1 saturated heterocycles. The third-order valence-corrected chi connectivity index (χ3v) is 5.65. The quantitative estimate of drug-likeness (QED) is 0.832. The van der Waals surface area contributed by atoms with E-state index in [1.165, 1.54) is 0 Å². The van der Waals surface area contributed by atoms with E-state index in [2.05, 4.69) is 4.72 Å². The molecule has 1 aliphatic heterocycles. The van der Waals surface area contributed by atoms with Crippen LogP contribution in [-0.4, -0.2) is 25.3 Å². The Morgan fingerprint density at radius 3 is 2.85 bits per heavy atom. The summed E-state index contributed by atoms with van der Waals surface area (Å²) in [7, 11) is -3.42. The highest BCUT2D eigenvalue weighted by atomic mass is 32.2. The van der Waals surface area contributed by atoms with E-state index in [1.807, 2.05) is 32.0 Å². The minimum absolute atomic E-state index is 0.0724. The molecule has 0 aromatic heterocycles. The molecule has 2 rings (SSSR count). The largest absolute Gasteiger partial charge is 0.399 e. The second kappa shape index (κ2) is 6.11. The number of hydrogen-bond donors (Lipinski definition) is 2. The lowest BCUT2D eigenvalue weighted by molar-refractivity contribution is 0.265. The summed E-state index contributed by atoms with van der Waals surface area (Å²) >= 11 is 0. The zero-order valence-corrected chi connectivity index (χ0v) is 12.9. The SMILES string of the molecule is Cc1c(N)cccc1CNS(=O)(=O)N1CCCCC1C. The van der Waals surface area contributed by atoms with E-state index in [-0.39, 0.29) is 12.6 Å². The first-order valence-corrected chi connectivity index (χ1v) is 8.46. The van der Waals surface area contributed by atoms with Gasteiger partial charge in [-0.25, -0.2) is 0 Å². The van der Waals surface area contributed by atoms with Gasteiger partial charge in [0.1, 0.15) is 0 Å². The van der Waals surface area contributed by atoms with Gasteiger partial charge in [0.15, 0.2) is 0 Å². The third kappa shape index (κ3) is 3.31. The molecule has 6 heteroatoms. The Kier molecular flexibility index (Phi) is 4.67. The summed E-state index contributed by atoms with van der Waals surface area (Å²) in [6, 6.07) is 5.63. The first kappa shape index (κ1) is 15.3. The van der Waals surface area contributed by atoms with E-state index in [4.69, 9.17) is 5.73 Å². The molecule has 0 aliphatic carbocycles. The Morgan fingerprint density at radius 1 is 1.40 bits per heavy atom. The van der Waals surface area contributed by atoms with Crippen LogP contribution in [0, 0.1) is 6.92 Å². The van der Waals surface area contributed by atoms with Gasteiger partial charge in [0.2, 0.25) is 0 Å². The van der Waals surface area contributed by atoms with Crippen LogP contribution in [0.15, 0.2) is 18.2 Å². The second-order valence-electron chi connectivity index (χ2n) is 5.41. The number of hydrogen-bond acceptors (Lipinski definition) is 3. The minimum Gasteiger partial charge on any atom is -0.399 e.